The largest absolute Gasteiger partial charge is 0.369 e. The fraction of sp³-hybridized carbons (Fsp3) is 0.933. The van der Waals surface area contributed by atoms with Crippen LogP contribution in [-0.2, 0) is 9.53 Å². The molecule has 19 heavy (non-hydrogen) atoms. The Labute approximate surface area is 116 Å². The van der Waals surface area contributed by atoms with E-state index >= 15 is 0 Å². The minimum atomic E-state index is -0.212. The molecule has 2 rings (SSSR count). The van der Waals surface area contributed by atoms with E-state index in [0.29, 0.717) is 19.0 Å². The van der Waals surface area contributed by atoms with Gasteiger partial charge in [-0.1, -0.05) is 6.42 Å². The van der Waals surface area contributed by atoms with Crippen LogP contribution in [0.15, 0.2) is 0 Å². The molecule has 0 aliphatic carbocycles. The lowest BCUT2D eigenvalue weighted by atomic mass is 9.99. The van der Waals surface area contributed by atoms with E-state index in [-0.39, 0.29) is 17.6 Å². The molecule has 2 aliphatic heterocycles. The van der Waals surface area contributed by atoms with Crippen molar-refractivity contribution >= 4 is 5.91 Å². The maximum absolute atomic E-state index is 12.3. The van der Waals surface area contributed by atoms with Crippen molar-refractivity contribution in [2.75, 3.05) is 19.6 Å². The highest BCUT2D eigenvalue weighted by Crippen LogP contribution is 2.22. The maximum atomic E-state index is 12.3. The van der Waals surface area contributed by atoms with Gasteiger partial charge in [0.1, 0.15) is 0 Å². The van der Waals surface area contributed by atoms with Crippen LogP contribution in [0.1, 0.15) is 52.9 Å². The minimum absolute atomic E-state index is 0.139. The van der Waals surface area contributed by atoms with E-state index in [4.69, 9.17) is 4.74 Å². The van der Waals surface area contributed by atoms with Crippen molar-refractivity contribution in [2.45, 2.75) is 70.6 Å². The van der Waals surface area contributed by atoms with Crippen LogP contribution >= 0.6 is 0 Å². The van der Waals surface area contributed by atoms with Gasteiger partial charge in [-0.2, -0.15) is 0 Å². The molecule has 0 aromatic carbocycles. The lowest BCUT2D eigenvalue weighted by Crippen LogP contribution is -2.54. The van der Waals surface area contributed by atoms with Crippen molar-refractivity contribution in [2.24, 2.45) is 0 Å². The van der Waals surface area contributed by atoms with Crippen molar-refractivity contribution in [3.63, 3.8) is 0 Å². The van der Waals surface area contributed by atoms with Crippen molar-refractivity contribution in [3.8, 4) is 0 Å². The Kier molecular flexibility index (Phi) is 4.85. The van der Waals surface area contributed by atoms with Gasteiger partial charge in [-0.3, -0.25) is 4.79 Å². The number of morpholine rings is 1. The number of carbonyl (C=O) groups is 1. The summed E-state index contributed by atoms with van der Waals surface area (Å²) in [6, 6.07) is 0.546. The summed E-state index contributed by atoms with van der Waals surface area (Å²) >= 11 is 0. The van der Waals surface area contributed by atoms with Gasteiger partial charge in [-0.05, 0) is 46.6 Å². The summed E-state index contributed by atoms with van der Waals surface area (Å²) in [5.74, 6) is 0.288. The average Bonchev–Trinajstić information content (AvgIpc) is 2.34. The summed E-state index contributed by atoms with van der Waals surface area (Å²) in [7, 11) is 0. The van der Waals surface area contributed by atoms with E-state index in [1.54, 1.807) is 0 Å². The van der Waals surface area contributed by atoms with Crippen molar-refractivity contribution in [1.82, 2.24) is 10.2 Å². The number of ether oxygens (including phenoxy) is 1. The van der Waals surface area contributed by atoms with Gasteiger partial charge in [0.05, 0.1) is 11.7 Å². The van der Waals surface area contributed by atoms with Crippen molar-refractivity contribution in [3.05, 3.63) is 0 Å². The van der Waals surface area contributed by atoms with Gasteiger partial charge in [0.25, 0.3) is 0 Å². The molecule has 0 radical (unpaired) electrons. The lowest BCUT2D eigenvalue weighted by Gasteiger charge is -2.42. The maximum Gasteiger partial charge on any atom is 0.222 e. The van der Waals surface area contributed by atoms with Gasteiger partial charge in [-0.25, -0.2) is 0 Å². The molecule has 2 fully saturated rings. The zero-order valence-electron chi connectivity index (χ0n) is 12.6. The van der Waals surface area contributed by atoms with E-state index in [1.807, 2.05) is 11.8 Å². The first-order valence-corrected chi connectivity index (χ1v) is 7.65. The average molecular weight is 268 g/mol. The minimum Gasteiger partial charge on any atom is -0.369 e. The molecule has 1 N–H and O–H groups in total. The highest BCUT2D eigenvalue weighted by Gasteiger charge is 2.33. The van der Waals surface area contributed by atoms with Crippen LogP contribution in [-0.4, -0.2) is 48.2 Å². The van der Waals surface area contributed by atoms with Gasteiger partial charge in [-0.15, -0.1) is 0 Å². The van der Waals surface area contributed by atoms with Crippen LogP contribution in [0, 0.1) is 0 Å². The van der Waals surface area contributed by atoms with Gasteiger partial charge < -0.3 is 15.0 Å². The fourth-order valence-electron chi connectivity index (χ4n) is 3.27. The second-order valence-electron chi connectivity index (χ2n) is 6.65. The monoisotopic (exact) mass is 268 g/mol. The summed E-state index contributed by atoms with van der Waals surface area (Å²) in [6.45, 7) is 8.73. The Morgan fingerprint density at radius 3 is 2.84 bits per heavy atom. The first-order chi connectivity index (χ1) is 8.96. The lowest BCUT2D eigenvalue weighted by molar-refractivity contribution is -0.158. The van der Waals surface area contributed by atoms with Gasteiger partial charge in [0, 0.05) is 25.6 Å². The van der Waals surface area contributed by atoms with Gasteiger partial charge in [0.15, 0.2) is 0 Å². The number of piperidine rings is 1. The SMILES string of the molecule is CC1CN(C(=O)CCC2CCCCN2)CC(C)(C)O1. The molecule has 2 saturated heterocycles. The summed E-state index contributed by atoms with van der Waals surface area (Å²) in [4.78, 5) is 14.3. The molecule has 4 nitrogen and oxygen atoms in total. The quantitative estimate of drug-likeness (QED) is 0.850. The van der Waals surface area contributed by atoms with E-state index < -0.39 is 0 Å². The third-order valence-electron chi connectivity index (χ3n) is 4.04. The number of amides is 1. The van der Waals surface area contributed by atoms with Crippen LogP contribution in [0.4, 0.5) is 0 Å². The molecular formula is C15H28N2O2. The molecule has 0 bridgehead atoms. The van der Waals surface area contributed by atoms with E-state index in [1.165, 1.54) is 19.3 Å². The second kappa shape index (κ2) is 6.23. The zero-order chi connectivity index (χ0) is 13.9. The Hall–Kier alpha value is -0.610. The second-order valence-corrected chi connectivity index (χ2v) is 6.65. The number of hydrogen-bond acceptors (Lipinski definition) is 3. The molecule has 4 heteroatoms. The van der Waals surface area contributed by atoms with E-state index in [9.17, 15) is 4.79 Å². The molecule has 0 saturated carbocycles. The first kappa shape index (κ1) is 14.8. The third-order valence-corrected chi connectivity index (χ3v) is 4.04. The summed E-state index contributed by atoms with van der Waals surface area (Å²) in [5.41, 5.74) is -0.212. The Morgan fingerprint density at radius 1 is 1.42 bits per heavy atom. The van der Waals surface area contributed by atoms with Crippen LogP contribution in [0.5, 0.6) is 0 Å². The Balaban J connectivity index is 1.78. The molecule has 2 atom stereocenters. The molecule has 110 valence electrons. The Morgan fingerprint density at radius 2 is 2.21 bits per heavy atom. The van der Waals surface area contributed by atoms with Crippen molar-refractivity contribution < 1.29 is 9.53 Å². The Bertz CT molecular complexity index is 311. The van der Waals surface area contributed by atoms with Crippen LogP contribution in [0.2, 0.25) is 0 Å². The first-order valence-electron chi connectivity index (χ1n) is 7.65. The highest BCUT2D eigenvalue weighted by molar-refractivity contribution is 5.76. The molecule has 0 spiro atoms. The van der Waals surface area contributed by atoms with Crippen LogP contribution in [0.3, 0.4) is 0 Å². The summed E-state index contributed by atoms with van der Waals surface area (Å²) in [6.07, 6.45) is 5.58. The molecule has 0 aromatic heterocycles. The molecular weight excluding hydrogens is 240 g/mol. The molecule has 1 amide bonds. The summed E-state index contributed by atoms with van der Waals surface area (Å²) in [5, 5.41) is 3.51. The zero-order valence-corrected chi connectivity index (χ0v) is 12.6. The van der Waals surface area contributed by atoms with Crippen molar-refractivity contribution in [1.29, 1.82) is 0 Å². The number of rotatable bonds is 3. The number of hydrogen-bond donors (Lipinski definition) is 1. The normalized spacial score (nSPS) is 31.2. The van der Waals surface area contributed by atoms with Crippen LogP contribution < -0.4 is 5.32 Å². The predicted octanol–water partition coefficient (Wildman–Crippen LogP) is 1.93. The predicted molar refractivity (Wildman–Crippen MR) is 76.1 cm³/mol. The fourth-order valence-corrected chi connectivity index (χ4v) is 3.27. The molecule has 2 aliphatic rings. The third kappa shape index (κ3) is 4.46. The number of carbonyl (C=O) groups excluding carboxylic acids is 1. The van der Waals surface area contributed by atoms with E-state index in [0.717, 1.165) is 19.5 Å². The molecule has 0 aromatic rings. The molecule has 2 heterocycles. The highest BCUT2D eigenvalue weighted by atomic mass is 16.5. The smallest absolute Gasteiger partial charge is 0.222 e. The van der Waals surface area contributed by atoms with Crippen LogP contribution in [0.25, 0.3) is 0 Å². The summed E-state index contributed by atoms with van der Waals surface area (Å²) < 4.78 is 5.84. The number of nitrogens with zero attached hydrogens (tertiary/aromatic N) is 1. The van der Waals surface area contributed by atoms with Gasteiger partial charge in [0.2, 0.25) is 5.91 Å². The topological polar surface area (TPSA) is 41.6 Å². The standard InChI is InChI=1S/C15H28N2O2/c1-12-10-17(11-15(2,3)19-12)14(18)8-7-13-6-4-5-9-16-13/h12-13,16H,4-11H2,1-3H3. The number of nitrogens with one attached hydrogen (secondary N) is 1. The van der Waals surface area contributed by atoms with Gasteiger partial charge >= 0.3 is 0 Å². The molecule has 2 unspecified atom stereocenters. The van der Waals surface area contributed by atoms with E-state index in [2.05, 4.69) is 19.2 Å².